The van der Waals surface area contributed by atoms with E-state index in [1.165, 1.54) is 27.8 Å². The monoisotopic (exact) mass is 400 g/mol. The van der Waals surface area contributed by atoms with E-state index in [1.807, 2.05) is 35.9 Å². The lowest BCUT2D eigenvalue weighted by atomic mass is 10.2. The molecule has 0 atom stereocenters. The molecule has 9 heteroatoms. The molecule has 0 N–H and O–H groups in total. The molecule has 4 heterocycles. The van der Waals surface area contributed by atoms with Crippen LogP contribution in [0.15, 0.2) is 23.5 Å². The van der Waals surface area contributed by atoms with Crippen molar-refractivity contribution in [2.45, 2.75) is 19.9 Å². The van der Waals surface area contributed by atoms with Crippen LogP contribution in [0.4, 0.5) is 0 Å². The Hall–Kier alpha value is -2.52. The maximum Gasteiger partial charge on any atom is 0.264 e. The number of thiophene rings is 1. The van der Waals surface area contributed by atoms with Gasteiger partial charge >= 0.3 is 0 Å². The zero-order valence-electron chi connectivity index (χ0n) is 16.4. The second-order valence-corrected chi connectivity index (χ2v) is 8.34. The standard InChI is InChI=1S/C19H24N6O2S/c1-13-15-17(20-12-22(2)18(15)26)28-16(13)19(27)25-6-4-5-24(7-8-25)11-14-9-21-23(3)10-14/h9-10,12H,4-8,11H2,1-3H3. The van der Waals surface area contributed by atoms with Gasteiger partial charge in [-0.05, 0) is 18.9 Å². The van der Waals surface area contributed by atoms with E-state index >= 15 is 0 Å². The fourth-order valence-electron chi connectivity index (χ4n) is 3.70. The molecule has 3 aromatic rings. The molecule has 28 heavy (non-hydrogen) atoms. The molecule has 1 fully saturated rings. The summed E-state index contributed by atoms with van der Waals surface area (Å²) in [6, 6.07) is 0. The molecule has 1 aliphatic heterocycles. The minimum absolute atomic E-state index is 0.00535. The second kappa shape index (κ2) is 7.48. The Balaban J connectivity index is 1.51. The quantitative estimate of drug-likeness (QED) is 0.664. The number of fused-ring (bicyclic) bond motifs is 1. The molecule has 148 valence electrons. The predicted octanol–water partition coefficient (Wildman–Crippen LogP) is 1.39. The van der Waals surface area contributed by atoms with Crippen molar-refractivity contribution in [3.8, 4) is 0 Å². The van der Waals surface area contributed by atoms with Crippen LogP contribution < -0.4 is 5.56 Å². The predicted molar refractivity (Wildman–Crippen MR) is 109 cm³/mol. The smallest absolute Gasteiger partial charge is 0.264 e. The number of rotatable bonds is 3. The molecule has 1 aliphatic rings. The number of aromatic nitrogens is 4. The molecule has 0 unspecified atom stereocenters. The van der Waals surface area contributed by atoms with Crippen molar-refractivity contribution in [3.63, 3.8) is 0 Å². The summed E-state index contributed by atoms with van der Waals surface area (Å²) in [7, 11) is 3.60. The summed E-state index contributed by atoms with van der Waals surface area (Å²) in [4.78, 5) is 35.5. The van der Waals surface area contributed by atoms with Crippen LogP contribution in [0.3, 0.4) is 0 Å². The Morgan fingerprint density at radius 3 is 2.79 bits per heavy atom. The minimum Gasteiger partial charge on any atom is -0.337 e. The van der Waals surface area contributed by atoms with E-state index in [9.17, 15) is 9.59 Å². The number of carbonyl (C=O) groups is 1. The van der Waals surface area contributed by atoms with Crippen molar-refractivity contribution in [1.82, 2.24) is 29.1 Å². The minimum atomic E-state index is -0.101. The van der Waals surface area contributed by atoms with Crippen LogP contribution >= 0.6 is 11.3 Å². The maximum atomic E-state index is 13.2. The van der Waals surface area contributed by atoms with Crippen molar-refractivity contribution < 1.29 is 4.79 Å². The van der Waals surface area contributed by atoms with Crippen LogP contribution in [-0.2, 0) is 20.6 Å². The molecule has 0 spiro atoms. The van der Waals surface area contributed by atoms with Gasteiger partial charge in [-0.1, -0.05) is 0 Å². The highest BCUT2D eigenvalue weighted by atomic mass is 32.1. The first kappa shape index (κ1) is 18.8. The van der Waals surface area contributed by atoms with Gasteiger partial charge in [-0.25, -0.2) is 4.98 Å². The molecule has 0 radical (unpaired) electrons. The summed E-state index contributed by atoms with van der Waals surface area (Å²) in [5, 5.41) is 4.79. The molecule has 3 aromatic heterocycles. The maximum absolute atomic E-state index is 13.2. The fraction of sp³-hybridized carbons (Fsp3) is 0.474. The van der Waals surface area contributed by atoms with E-state index in [4.69, 9.17) is 0 Å². The van der Waals surface area contributed by atoms with Gasteiger partial charge in [-0.15, -0.1) is 11.3 Å². The third kappa shape index (κ3) is 3.47. The van der Waals surface area contributed by atoms with Gasteiger partial charge < -0.3 is 9.47 Å². The first-order valence-electron chi connectivity index (χ1n) is 9.38. The third-order valence-electron chi connectivity index (χ3n) is 5.25. The molecule has 0 saturated carbocycles. The number of hydrogen-bond donors (Lipinski definition) is 0. The molecular formula is C19H24N6O2S. The van der Waals surface area contributed by atoms with E-state index in [0.717, 1.165) is 38.2 Å². The van der Waals surface area contributed by atoms with Crippen LogP contribution in [-0.4, -0.2) is 61.2 Å². The van der Waals surface area contributed by atoms with E-state index in [2.05, 4.69) is 15.0 Å². The average molecular weight is 401 g/mol. The Morgan fingerprint density at radius 1 is 1.21 bits per heavy atom. The summed E-state index contributed by atoms with van der Waals surface area (Å²) in [5.41, 5.74) is 1.83. The summed E-state index contributed by atoms with van der Waals surface area (Å²) < 4.78 is 3.27. The van der Waals surface area contributed by atoms with Gasteiger partial charge in [0, 0.05) is 58.6 Å². The Kier molecular flexibility index (Phi) is 5.03. The van der Waals surface area contributed by atoms with Gasteiger partial charge in [-0.3, -0.25) is 19.2 Å². The third-order valence-corrected chi connectivity index (χ3v) is 6.43. The molecule has 0 aromatic carbocycles. The van der Waals surface area contributed by atoms with Crippen LogP contribution in [0, 0.1) is 6.92 Å². The molecular weight excluding hydrogens is 376 g/mol. The van der Waals surface area contributed by atoms with Crippen molar-refractivity contribution in [2.75, 3.05) is 26.2 Å². The van der Waals surface area contributed by atoms with E-state index in [0.29, 0.717) is 21.6 Å². The highest BCUT2D eigenvalue weighted by molar-refractivity contribution is 7.20. The number of amides is 1. The van der Waals surface area contributed by atoms with E-state index in [1.54, 1.807) is 7.05 Å². The van der Waals surface area contributed by atoms with Crippen molar-refractivity contribution in [1.29, 1.82) is 0 Å². The van der Waals surface area contributed by atoms with Crippen molar-refractivity contribution in [2.24, 2.45) is 14.1 Å². The van der Waals surface area contributed by atoms with Crippen LogP contribution in [0.2, 0.25) is 0 Å². The van der Waals surface area contributed by atoms with E-state index < -0.39 is 0 Å². The first-order chi connectivity index (χ1) is 13.4. The zero-order valence-corrected chi connectivity index (χ0v) is 17.2. The topological polar surface area (TPSA) is 76.3 Å². The van der Waals surface area contributed by atoms with Crippen LogP contribution in [0.5, 0.6) is 0 Å². The lowest BCUT2D eigenvalue weighted by Crippen LogP contribution is -2.35. The van der Waals surface area contributed by atoms with Gasteiger partial charge in [0.1, 0.15) is 4.83 Å². The molecule has 4 rings (SSSR count). The van der Waals surface area contributed by atoms with Gasteiger partial charge in [0.15, 0.2) is 0 Å². The summed E-state index contributed by atoms with van der Waals surface area (Å²) in [6.07, 6.45) is 6.36. The molecule has 1 amide bonds. The summed E-state index contributed by atoms with van der Waals surface area (Å²) in [5.74, 6) is 0.00535. The van der Waals surface area contributed by atoms with Crippen LogP contribution in [0.25, 0.3) is 10.2 Å². The lowest BCUT2D eigenvalue weighted by molar-refractivity contribution is 0.0765. The number of hydrogen-bond acceptors (Lipinski definition) is 6. The number of nitrogens with zero attached hydrogens (tertiary/aromatic N) is 6. The largest absolute Gasteiger partial charge is 0.337 e. The Bertz CT molecular complexity index is 1080. The average Bonchev–Trinajstić information content (AvgIpc) is 3.13. The Morgan fingerprint density at radius 2 is 2.04 bits per heavy atom. The highest BCUT2D eigenvalue weighted by Gasteiger charge is 2.25. The fourth-order valence-corrected chi connectivity index (χ4v) is 4.81. The lowest BCUT2D eigenvalue weighted by Gasteiger charge is -2.21. The SMILES string of the molecule is Cc1c(C(=O)N2CCCN(Cc3cnn(C)c3)CC2)sc2ncn(C)c(=O)c12. The van der Waals surface area contributed by atoms with Crippen LogP contribution in [0.1, 0.15) is 27.2 Å². The second-order valence-electron chi connectivity index (χ2n) is 7.34. The molecule has 0 aliphatic carbocycles. The normalized spacial score (nSPS) is 15.9. The summed E-state index contributed by atoms with van der Waals surface area (Å²) in [6.45, 7) is 5.87. The molecule has 1 saturated heterocycles. The molecule has 0 bridgehead atoms. The van der Waals surface area contributed by atoms with Crippen molar-refractivity contribution >= 4 is 27.5 Å². The van der Waals surface area contributed by atoms with E-state index in [-0.39, 0.29) is 11.5 Å². The molecule has 8 nitrogen and oxygen atoms in total. The van der Waals surface area contributed by atoms with Gasteiger partial charge in [-0.2, -0.15) is 5.10 Å². The Labute approximate surface area is 167 Å². The zero-order chi connectivity index (χ0) is 19.8. The number of aryl methyl sites for hydroxylation is 3. The number of carbonyl (C=O) groups excluding carboxylic acids is 1. The highest BCUT2D eigenvalue weighted by Crippen LogP contribution is 2.28. The first-order valence-corrected chi connectivity index (χ1v) is 10.2. The van der Waals surface area contributed by atoms with Gasteiger partial charge in [0.25, 0.3) is 11.5 Å². The van der Waals surface area contributed by atoms with Gasteiger partial charge in [0.2, 0.25) is 0 Å². The van der Waals surface area contributed by atoms with Crippen molar-refractivity contribution in [3.05, 3.63) is 45.1 Å². The van der Waals surface area contributed by atoms with Gasteiger partial charge in [0.05, 0.1) is 22.8 Å². The summed E-state index contributed by atoms with van der Waals surface area (Å²) >= 11 is 1.32.